The van der Waals surface area contributed by atoms with Crippen molar-refractivity contribution in [3.05, 3.63) is 23.3 Å². The Morgan fingerprint density at radius 1 is 1.17 bits per heavy atom. The monoisotopic (exact) mass is 297 g/mol. The molecule has 0 aliphatic carbocycles. The molecule has 0 atom stereocenters. The first-order valence-corrected chi connectivity index (χ1v) is 4.66. The third-order valence-electron chi connectivity index (χ3n) is 1.71. The summed E-state index contributed by atoms with van der Waals surface area (Å²) >= 11 is 5.11. The zero-order valence-electron chi connectivity index (χ0n) is 8.16. The minimum Gasteiger partial charge on any atom is -0.404 e. The molecule has 1 aromatic rings. The molecule has 0 bridgehead atoms. The number of halogens is 8. The van der Waals surface area contributed by atoms with Crippen LogP contribution in [-0.2, 0) is 12.1 Å². The number of aromatic nitrogens is 1. The van der Waals surface area contributed by atoms with E-state index in [-0.39, 0.29) is 6.20 Å². The van der Waals surface area contributed by atoms with Gasteiger partial charge in [-0.1, -0.05) is 0 Å². The van der Waals surface area contributed by atoms with Crippen LogP contribution in [0.3, 0.4) is 0 Å². The average Bonchev–Trinajstić information content (AvgIpc) is 2.13. The van der Waals surface area contributed by atoms with Gasteiger partial charge in [0.05, 0.1) is 12.1 Å². The molecule has 2 nitrogen and oxygen atoms in total. The molecule has 0 aromatic carbocycles. The summed E-state index contributed by atoms with van der Waals surface area (Å²) in [5.41, 5.74) is -3.01. The topological polar surface area (TPSA) is 22.1 Å². The van der Waals surface area contributed by atoms with Gasteiger partial charge in [-0.25, -0.2) is 9.37 Å². The zero-order chi connectivity index (χ0) is 14.1. The quantitative estimate of drug-likeness (QED) is 0.610. The largest absolute Gasteiger partial charge is 0.573 e. The van der Waals surface area contributed by atoms with E-state index in [9.17, 15) is 30.7 Å². The van der Waals surface area contributed by atoms with Crippen LogP contribution in [0, 0.1) is 5.82 Å². The van der Waals surface area contributed by atoms with Crippen LogP contribution in [0.15, 0.2) is 6.20 Å². The summed E-state index contributed by atoms with van der Waals surface area (Å²) in [6, 6.07) is 0. The number of hydrogen-bond donors (Lipinski definition) is 0. The van der Waals surface area contributed by atoms with Crippen molar-refractivity contribution in [1.29, 1.82) is 0 Å². The van der Waals surface area contributed by atoms with Gasteiger partial charge >= 0.3 is 12.5 Å². The van der Waals surface area contributed by atoms with E-state index in [1.165, 1.54) is 0 Å². The van der Waals surface area contributed by atoms with E-state index in [0.717, 1.165) is 0 Å². The summed E-state index contributed by atoms with van der Waals surface area (Å²) < 4.78 is 88.9. The van der Waals surface area contributed by atoms with Crippen LogP contribution in [0.4, 0.5) is 30.7 Å². The molecule has 18 heavy (non-hydrogen) atoms. The SMILES string of the molecule is Fc1c(C(F)(F)F)ncc(OC(F)(F)F)c1CCl. The summed E-state index contributed by atoms with van der Waals surface area (Å²) in [4.78, 5) is 2.56. The van der Waals surface area contributed by atoms with Crippen molar-refractivity contribution in [3.63, 3.8) is 0 Å². The highest BCUT2D eigenvalue weighted by Crippen LogP contribution is 2.35. The average molecular weight is 298 g/mol. The molecule has 0 N–H and O–H groups in total. The van der Waals surface area contributed by atoms with E-state index >= 15 is 0 Å². The fourth-order valence-corrected chi connectivity index (χ4v) is 1.29. The van der Waals surface area contributed by atoms with E-state index in [1.807, 2.05) is 0 Å². The molecule has 0 fully saturated rings. The minimum atomic E-state index is -5.19. The van der Waals surface area contributed by atoms with Crippen molar-refractivity contribution in [3.8, 4) is 5.75 Å². The summed E-state index contributed by atoms with van der Waals surface area (Å²) in [6.07, 6.45) is -10.2. The predicted octanol–water partition coefficient (Wildman–Crippen LogP) is 3.88. The van der Waals surface area contributed by atoms with Gasteiger partial charge in [-0.3, -0.25) is 0 Å². The Morgan fingerprint density at radius 2 is 1.72 bits per heavy atom. The lowest BCUT2D eigenvalue weighted by Crippen LogP contribution is -2.20. The van der Waals surface area contributed by atoms with Crippen LogP contribution >= 0.6 is 11.6 Å². The van der Waals surface area contributed by atoms with Gasteiger partial charge in [0.1, 0.15) is 0 Å². The standard InChI is InChI=1S/C8H3ClF7NO/c9-1-3-4(18-8(14,15)16)2-17-6(5(3)10)7(11,12)13/h2H,1H2. The molecular weight excluding hydrogens is 295 g/mol. The lowest BCUT2D eigenvalue weighted by molar-refractivity contribution is -0.275. The van der Waals surface area contributed by atoms with Gasteiger partial charge in [0.2, 0.25) is 0 Å². The highest BCUT2D eigenvalue weighted by atomic mass is 35.5. The molecule has 1 aromatic heterocycles. The first kappa shape index (κ1) is 14.8. The maximum atomic E-state index is 13.3. The van der Waals surface area contributed by atoms with Crippen LogP contribution in [0.5, 0.6) is 5.75 Å². The van der Waals surface area contributed by atoms with Crippen molar-refractivity contribution in [2.75, 3.05) is 0 Å². The van der Waals surface area contributed by atoms with E-state index in [2.05, 4.69) is 9.72 Å². The zero-order valence-corrected chi connectivity index (χ0v) is 8.92. The van der Waals surface area contributed by atoms with Crippen molar-refractivity contribution >= 4 is 11.6 Å². The molecule has 102 valence electrons. The molecule has 0 radical (unpaired) electrons. The molecule has 0 aliphatic heterocycles. The van der Waals surface area contributed by atoms with Gasteiger partial charge in [-0.2, -0.15) is 13.2 Å². The van der Waals surface area contributed by atoms with Gasteiger partial charge in [0.25, 0.3) is 0 Å². The second-order valence-electron chi connectivity index (χ2n) is 2.94. The summed E-state index contributed by atoms with van der Waals surface area (Å²) in [5, 5.41) is 0. The molecule has 0 spiro atoms. The maximum absolute atomic E-state index is 13.3. The van der Waals surface area contributed by atoms with Gasteiger partial charge in [0.15, 0.2) is 17.3 Å². The Labute approximate surface area is 100 Å². The van der Waals surface area contributed by atoms with Gasteiger partial charge < -0.3 is 4.74 Å². The van der Waals surface area contributed by atoms with Crippen LogP contribution in [-0.4, -0.2) is 11.3 Å². The van der Waals surface area contributed by atoms with Crippen LogP contribution in [0.1, 0.15) is 11.3 Å². The Balaban J connectivity index is 3.30. The van der Waals surface area contributed by atoms with Gasteiger partial charge in [-0.05, 0) is 0 Å². The van der Waals surface area contributed by atoms with E-state index in [0.29, 0.717) is 0 Å². The van der Waals surface area contributed by atoms with Crippen LogP contribution < -0.4 is 4.74 Å². The molecule has 1 rings (SSSR count). The van der Waals surface area contributed by atoms with Crippen LogP contribution in [0.2, 0.25) is 0 Å². The molecule has 1 heterocycles. The van der Waals surface area contributed by atoms with Crippen molar-refractivity contribution in [2.45, 2.75) is 18.4 Å². The smallest absolute Gasteiger partial charge is 0.404 e. The molecule has 0 unspecified atom stereocenters. The van der Waals surface area contributed by atoms with Crippen molar-refractivity contribution in [1.82, 2.24) is 4.98 Å². The maximum Gasteiger partial charge on any atom is 0.573 e. The normalized spacial score (nSPS) is 12.7. The van der Waals surface area contributed by atoms with E-state index < -0.39 is 41.2 Å². The fourth-order valence-electron chi connectivity index (χ4n) is 1.04. The number of alkyl halides is 7. The van der Waals surface area contributed by atoms with Crippen molar-refractivity contribution in [2.24, 2.45) is 0 Å². The highest BCUT2D eigenvalue weighted by molar-refractivity contribution is 6.17. The number of pyridine rings is 1. The van der Waals surface area contributed by atoms with Gasteiger partial charge in [0, 0.05) is 5.56 Å². The third kappa shape index (κ3) is 3.37. The summed E-state index contributed by atoms with van der Waals surface area (Å²) in [7, 11) is 0. The second kappa shape index (κ2) is 4.79. The van der Waals surface area contributed by atoms with E-state index in [4.69, 9.17) is 11.6 Å². The summed E-state index contributed by atoms with van der Waals surface area (Å²) in [6.45, 7) is 0. The highest BCUT2D eigenvalue weighted by Gasteiger charge is 2.39. The first-order valence-electron chi connectivity index (χ1n) is 4.12. The Kier molecular flexibility index (Phi) is 3.94. The molecular formula is C8H3ClF7NO. The molecule has 0 saturated carbocycles. The lowest BCUT2D eigenvalue weighted by atomic mass is 10.2. The minimum absolute atomic E-state index is 0.122. The Morgan fingerprint density at radius 3 is 2.11 bits per heavy atom. The third-order valence-corrected chi connectivity index (χ3v) is 1.98. The fraction of sp³-hybridized carbons (Fsp3) is 0.375. The first-order chi connectivity index (χ1) is 8.06. The van der Waals surface area contributed by atoms with Gasteiger partial charge in [-0.15, -0.1) is 24.8 Å². The van der Waals surface area contributed by atoms with Crippen molar-refractivity contribution < 1.29 is 35.5 Å². The summed E-state index contributed by atoms with van der Waals surface area (Å²) in [5.74, 6) is -4.12. The Hall–Kier alpha value is -1.25. The predicted molar refractivity (Wildman–Crippen MR) is 45.4 cm³/mol. The number of rotatable bonds is 2. The lowest BCUT2D eigenvalue weighted by Gasteiger charge is -2.14. The Bertz CT molecular complexity index is 442. The molecule has 0 saturated heterocycles. The molecule has 0 aliphatic rings. The molecule has 10 heteroatoms. The number of nitrogens with zero attached hydrogens (tertiary/aromatic N) is 1. The number of ether oxygens (including phenoxy) is 1. The molecule has 0 amide bonds. The van der Waals surface area contributed by atoms with E-state index in [1.54, 1.807) is 0 Å². The second-order valence-corrected chi connectivity index (χ2v) is 3.21. The number of hydrogen-bond acceptors (Lipinski definition) is 2. The van der Waals surface area contributed by atoms with Crippen LogP contribution in [0.25, 0.3) is 0 Å².